The smallest absolute Gasteiger partial charge is 0.303 e. The van der Waals surface area contributed by atoms with Gasteiger partial charge >= 0.3 is 11.9 Å². The lowest BCUT2D eigenvalue weighted by Gasteiger charge is -2.62. The Kier molecular flexibility index (Phi) is 7.85. The fraction of sp³-hybridized carbons (Fsp3) is 0.941. The average molecular weight is 558 g/mol. The summed E-state index contributed by atoms with van der Waals surface area (Å²) in [5, 5.41) is 0. The number of esters is 2. The van der Waals surface area contributed by atoms with Crippen LogP contribution in [-0.2, 0) is 19.1 Å². The van der Waals surface area contributed by atoms with Gasteiger partial charge in [0.15, 0.2) is 6.10 Å². The molecule has 0 aromatic carbocycles. The number of hydrogen-bond acceptors (Lipinski definition) is 5. The molecular formula is C34H57N2O4+. The molecule has 0 N–H and O–H groups in total. The number of likely N-dealkylation sites (tertiary alicyclic amines) is 2. The van der Waals surface area contributed by atoms with Crippen LogP contribution >= 0.6 is 0 Å². The number of rotatable bonds is 4. The Bertz CT molecular complexity index is 958. The van der Waals surface area contributed by atoms with Gasteiger partial charge in [0.2, 0.25) is 0 Å². The molecule has 6 nitrogen and oxygen atoms in total. The predicted molar refractivity (Wildman–Crippen MR) is 156 cm³/mol. The standard InChI is InChI=1S/C34H57N2O4/c1-23(37)39-31-20-25-12-13-26-27(34(25,4)22-29(31)35-16-8-6-9-17-35)14-15-33(3)28(26)21-30(32(33)40-24(2)38)36(5)18-10-7-11-19-36/h25-32H,6-22H2,1-5H3/q+1/t25-,26+,27+,28-,29-,30-,31-,32+,33-,34-/m0/s1. The molecule has 0 aromatic heterocycles. The van der Waals surface area contributed by atoms with E-state index in [-0.39, 0.29) is 29.6 Å². The molecule has 4 aliphatic carbocycles. The van der Waals surface area contributed by atoms with Crippen molar-refractivity contribution >= 4 is 11.9 Å². The molecule has 0 unspecified atom stereocenters. The van der Waals surface area contributed by atoms with Gasteiger partial charge in [-0.25, -0.2) is 0 Å². The SMILES string of the molecule is CC(=O)O[C@H]1C[C@@H]2CC[C@@H]3[C@@H](CC[C@]4(C)[C@H](OC(C)=O)[C@@H]([N+]5(C)CCCCC5)C[C@@H]34)[C@@]2(C)C[C@@H]1N1CCCCC1. The van der Waals surface area contributed by atoms with Crippen LogP contribution in [0.4, 0.5) is 0 Å². The van der Waals surface area contributed by atoms with Crippen LogP contribution in [0.15, 0.2) is 0 Å². The Morgan fingerprint density at radius 3 is 2.15 bits per heavy atom. The zero-order valence-corrected chi connectivity index (χ0v) is 26.2. The molecule has 0 aromatic rings. The van der Waals surface area contributed by atoms with E-state index in [4.69, 9.17) is 9.47 Å². The van der Waals surface area contributed by atoms with Crippen molar-refractivity contribution in [3.05, 3.63) is 0 Å². The molecule has 2 aliphatic heterocycles. The summed E-state index contributed by atoms with van der Waals surface area (Å²) in [6.45, 7) is 13.1. The molecule has 6 heteroatoms. The fourth-order valence-electron chi connectivity index (χ4n) is 11.7. The summed E-state index contributed by atoms with van der Waals surface area (Å²) >= 11 is 0. The number of carbonyl (C=O) groups excluding carboxylic acids is 2. The number of nitrogens with zero attached hydrogens (tertiary/aromatic N) is 2. The van der Waals surface area contributed by atoms with Gasteiger partial charge in [-0.3, -0.25) is 14.5 Å². The molecule has 0 spiro atoms. The van der Waals surface area contributed by atoms with Gasteiger partial charge in [0.25, 0.3) is 0 Å². The van der Waals surface area contributed by atoms with Gasteiger partial charge in [0.1, 0.15) is 12.1 Å². The molecular weight excluding hydrogens is 500 g/mol. The first kappa shape index (κ1) is 29.0. The number of ether oxygens (including phenoxy) is 2. The van der Waals surface area contributed by atoms with Crippen molar-refractivity contribution in [1.82, 2.24) is 4.90 Å². The van der Waals surface area contributed by atoms with Crippen molar-refractivity contribution in [3.63, 3.8) is 0 Å². The largest absolute Gasteiger partial charge is 0.461 e. The molecule has 0 amide bonds. The van der Waals surface area contributed by atoms with Crippen LogP contribution in [0, 0.1) is 34.5 Å². The van der Waals surface area contributed by atoms with Crippen LogP contribution in [0.3, 0.4) is 0 Å². The van der Waals surface area contributed by atoms with Gasteiger partial charge in [-0.05, 0) is 113 Å². The van der Waals surface area contributed by atoms with E-state index in [9.17, 15) is 9.59 Å². The minimum absolute atomic E-state index is 0.0466. The molecule has 6 aliphatic rings. The minimum atomic E-state index is -0.111. The van der Waals surface area contributed by atoms with Crippen LogP contribution < -0.4 is 0 Å². The molecule has 6 rings (SSSR count). The maximum Gasteiger partial charge on any atom is 0.303 e. The number of hydrogen-bond donors (Lipinski definition) is 0. The van der Waals surface area contributed by atoms with E-state index in [2.05, 4.69) is 25.8 Å². The lowest BCUT2D eigenvalue weighted by molar-refractivity contribution is -0.940. The summed E-state index contributed by atoms with van der Waals surface area (Å²) in [6.07, 6.45) is 16.3. The van der Waals surface area contributed by atoms with Crippen molar-refractivity contribution in [2.75, 3.05) is 33.2 Å². The molecule has 2 heterocycles. The first-order valence-electron chi connectivity index (χ1n) is 17.0. The number of quaternary nitrogens is 1. The van der Waals surface area contributed by atoms with E-state index in [1.54, 1.807) is 13.8 Å². The van der Waals surface area contributed by atoms with E-state index in [0.717, 1.165) is 29.9 Å². The first-order chi connectivity index (χ1) is 19.0. The molecule has 226 valence electrons. The molecule has 40 heavy (non-hydrogen) atoms. The number of carbonyl (C=O) groups is 2. The predicted octanol–water partition coefficient (Wildman–Crippen LogP) is 5.97. The molecule has 4 saturated carbocycles. The van der Waals surface area contributed by atoms with E-state index in [1.807, 2.05) is 0 Å². The molecule has 2 saturated heterocycles. The summed E-state index contributed by atoms with van der Waals surface area (Å²) < 4.78 is 13.5. The second-order valence-electron chi connectivity index (χ2n) is 15.8. The van der Waals surface area contributed by atoms with Gasteiger partial charge < -0.3 is 14.0 Å². The van der Waals surface area contributed by atoms with Crippen molar-refractivity contribution in [3.8, 4) is 0 Å². The zero-order valence-electron chi connectivity index (χ0n) is 26.2. The Hall–Kier alpha value is -1.14. The van der Waals surface area contributed by atoms with Gasteiger partial charge in [-0.15, -0.1) is 0 Å². The van der Waals surface area contributed by atoms with E-state index >= 15 is 0 Å². The number of piperidine rings is 2. The van der Waals surface area contributed by atoms with Gasteiger partial charge in [-0.2, -0.15) is 0 Å². The maximum absolute atomic E-state index is 12.5. The molecule has 0 bridgehead atoms. The summed E-state index contributed by atoms with van der Waals surface area (Å²) in [6, 6.07) is 0.796. The number of fused-ring (bicyclic) bond motifs is 5. The van der Waals surface area contributed by atoms with E-state index in [0.29, 0.717) is 35.3 Å². The second-order valence-corrected chi connectivity index (χ2v) is 15.8. The van der Waals surface area contributed by atoms with Crippen molar-refractivity contribution in [1.29, 1.82) is 0 Å². The topological polar surface area (TPSA) is 55.8 Å². The van der Waals surface area contributed by atoms with E-state index in [1.165, 1.54) is 90.1 Å². The third kappa shape index (κ3) is 4.85. The van der Waals surface area contributed by atoms with Gasteiger partial charge in [-0.1, -0.05) is 20.3 Å². The third-order valence-electron chi connectivity index (χ3n) is 13.7. The first-order valence-corrected chi connectivity index (χ1v) is 17.0. The normalized spacial score (nSPS) is 46.9. The maximum atomic E-state index is 12.5. The van der Waals surface area contributed by atoms with Crippen LogP contribution in [0.5, 0.6) is 0 Å². The number of likely N-dealkylation sites (N-methyl/N-ethyl adjacent to an activating group) is 1. The molecule has 0 radical (unpaired) electrons. The highest BCUT2D eigenvalue weighted by Gasteiger charge is 2.67. The van der Waals surface area contributed by atoms with Crippen molar-refractivity contribution in [2.45, 2.75) is 135 Å². The summed E-state index contributed by atoms with van der Waals surface area (Å²) in [5.41, 5.74) is 0.377. The highest BCUT2D eigenvalue weighted by atomic mass is 16.5. The lowest BCUT2D eigenvalue weighted by Crippen LogP contribution is -2.61. The molecule has 10 atom stereocenters. The Labute approximate surface area is 243 Å². The summed E-state index contributed by atoms with van der Waals surface area (Å²) in [5.74, 6) is 2.50. The minimum Gasteiger partial charge on any atom is -0.461 e. The summed E-state index contributed by atoms with van der Waals surface area (Å²) in [7, 11) is 2.47. The average Bonchev–Trinajstić information content (AvgIpc) is 3.21. The third-order valence-corrected chi connectivity index (χ3v) is 13.7. The second kappa shape index (κ2) is 10.8. The zero-order chi connectivity index (χ0) is 28.3. The fourth-order valence-corrected chi connectivity index (χ4v) is 11.7. The lowest BCUT2D eigenvalue weighted by atomic mass is 9.44. The highest BCUT2D eigenvalue weighted by Crippen LogP contribution is 2.67. The van der Waals surface area contributed by atoms with Crippen LogP contribution in [0.25, 0.3) is 0 Å². The summed E-state index contributed by atoms with van der Waals surface area (Å²) in [4.78, 5) is 27.4. The quantitative estimate of drug-likeness (QED) is 0.315. The Balaban J connectivity index is 1.29. The van der Waals surface area contributed by atoms with Crippen LogP contribution in [-0.4, -0.2) is 78.8 Å². The Morgan fingerprint density at radius 2 is 1.48 bits per heavy atom. The van der Waals surface area contributed by atoms with Crippen molar-refractivity contribution < 1.29 is 23.5 Å². The molecule has 6 fully saturated rings. The van der Waals surface area contributed by atoms with Gasteiger partial charge in [0.05, 0.1) is 20.1 Å². The van der Waals surface area contributed by atoms with E-state index < -0.39 is 0 Å². The van der Waals surface area contributed by atoms with Crippen LogP contribution in [0.2, 0.25) is 0 Å². The monoisotopic (exact) mass is 557 g/mol. The van der Waals surface area contributed by atoms with Crippen LogP contribution in [0.1, 0.15) is 111 Å². The highest BCUT2D eigenvalue weighted by molar-refractivity contribution is 5.66. The van der Waals surface area contributed by atoms with Crippen molar-refractivity contribution in [2.24, 2.45) is 34.5 Å². The van der Waals surface area contributed by atoms with Gasteiger partial charge in [0, 0.05) is 31.7 Å². The Morgan fingerprint density at radius 1 is 0.800 bits per heavy atom.